The molecule has 2 heterocycles. The number of hydrogen-bond acceptors (Lipinski definition) is 4. The molecule has 1 N–H and O–H groups in total. The number of likely N-dealkylation sites (tertiary alicyclic amines) is 1. The smallest absolute Gasteiger partial charge is 0.239 e. The molecular weight excluding hydrogens is 222 g/mol. The second-order valence-electron chi connectivity index (χ2n) is 4.51. The van der Waals surface area contributed by atoms with E-state index in [0.29, 0.717) is 0 Å². The third-order valence-corrected chi connectivity index (χ3v) is 4.29. The van der Waals surface area contributed by atoms with Crippen LogP contribution in [-0.2, 0) is 4.79 Å². The van der Waals surface area contributed by atoms with Crippen LogP contribution in [0.2, 0.25) is 0 Å². The fraction of sp³-hybridized carbons (Fsp3) is 0.909. The molecule has 16 heavy (non-hydrogen) atoms. The number of rotatable bonds is 4. The molecule has 0 spiro atoms. The van der Waals surface area contributed by atoms with Crippen molar-refractivity contribution in [2.24, 2.45) is 0 Å². The lowest BCUT2D eigenvalue weighted by Crippen LogP contribution is -2.43. The average Bonchev–Trinajstić information content (AvgIpc) is 2.62. The quantitative estimate of drug-likeness (QED) is 0.745. The fourth-order valence-electron chi connectivity index (χ4n) is 2.23. The number of thioether (sulfide) groups is 1. The van der Waals surface area contributed by atoms with Crippen LogP contribution < -0.4 is 5.32 Å². The van der Waals surface area contributed by atoms with Gasteiger partial charge in [0.2, 0.25) is 5.91 Å². The Kier molecular flexibility index (Phi) is 4.49. The Balaban J connectivity index is 1.62. The van der Waals surface area contributed by atoms with Crippen molar-refractivity contribution in [3.63, 3.8) is 0 Å². The Hall–Kier alpha value is -0.260. The summed E-state index contributed by atoms with van der Waals surface area (Å²) in [5.74, 6) is 2.77. The minimum absolute atomic E-state index is 0.0733. The van der Waals surface area contributed by atoms with Gasteiger partial charge in [0.05, 0.1) is 6.04 Å². The molecule has 2 fully saturated rings. The largest absolute Gasteiger partial charge is 0.344 e. The molecule has 2 aliphatic rings. The highest BCUT2D eigenvalue weighted by molar-refractivity contribution is 7.99. The SMILES string of the molecule is CN1CCC(NCCN2CCSCC2)C1=O. The molecule has 0 aromatic carbocycles. The lowest BCUT2D eigenvalue weighted by atomic mass is 10.2. The molecule has 5 heteroatoms. The number of carbonyl (C=O) groups excluding carboxylic acids is 1. The Morgan fingerprint density at radius 1 is 1.38 bits per heavy atom. The number of hydrogen-bond donors (Lipinski definition) is 1. The molecule has 0 aliphatic carbocycles. The third kappa shape index (κ3) is 3.12. The first-order valence-corrected chi connectivity index (χ1v) is 7.21. The highest BCUT2D eigenvalue weighted by Gasteiger charge is 2.28. The third-order valence-electron chi connectivity index (χ3n) is 3.35. The van der Waals surface area contributed by atoms with Gasteiger partial charge in [-0.3, -0.25) is 4.79 Å². The summed E-state index contributed by atoms with van der Waals surface area (Å²) in [6.45, 7) is 5.32. The summed E-state index contributed by atoms with van der Waals surface area (Å²) in [5.41, 5.74) is 0. The van der Waals surface area contributed by atoms with Crippen molar-refractivity contribution in [2.45, 2.75) is 12.5 Å². The van der Waals surface area contributed by atoms with Crippen molar-refractivity contribution < 1.29 is 4.79 Å². The summed E-state index contributed by atoms with van der Waals surface area (Å²) in [7, 11) is 1.88. The van der Waals surface area contributed by atoms with E-state index in [1.165, 1.54) is 24.6 Å². The zero-order valence-electron chi connectivity index (χ0n) is 9.95. The van der Waals surface area contributed by atoms with Crippen molar-refractivity contribution in [3.8, 4) is 0 Å². The molecule has 1 atom stereocenters. The molecule has 2 rings (SSSR count). The summed E-state index contributed by atoms with van der Waals surface area (Å²) >= 11 is 2.04. The molecule has 92 valence electrons. The zero-order valence-corrected chi connectivity index (χ0v) is 10.8. The number of carbonyl (C=O) groups is 1. The minimum Gasteiger partial charge on any atom is -0.344 e. The van der Waals surface area contributed by atoms with Crippen LogP contribution in [0.4, 0.5) is 0 Å². The van der Waals surface area contributed by atoms with Crippen LogP contribution in [0.15, 0.2) is 0 Å². The first-order valence-electron chi connectivity index (χ1n) is 6.06. The molecular formula is C11H21N3OS. The van der Waals surface area contributed by atoms with Crippen LogP contribution in [0.3, 0.4) is 0 Å². The van der Waals surface area contributed by atoms with Crippen LogP contribution in [-0.4, -0.2) is 73.0 Å². The number of amides is 1. The number of nitrogens with one attached hydrogen (secondary N) is 1. The van der Waals surface area contributed by atoms with Gasteiger partial charge >= 0.3 is 0 Å². The maximum Gasteiger partial charge on any atom is 0.239 e. The van der Waals surface area contributed by atoms with Gasteiger partial charge < -0.3 is 15.1 Å². The molecule has 0 aromatic heterocycles. The second kappa shape index (κ2) is 5.89. The Morgan fingerprint density at radius 2 is 2.12 bits per heavy atom. The van der Waals surface area contributed by atoms with Gasteiger partial charge in [0.1, 0.15) is 0 Å². The fourth-order valence-corrected chi connectivity index (χ4v) is 3.21. The van der Waals surface area contributed by atoms with Crippen LogP contribution in [0.1, 0.15) is 6.42 Å². The monoisotopic (exact) mass is 243 g/mol. The lowest BCUT2D eigenvalue weighted by molar-refractivity contribution is -0.128. The van der Waals surface area contributed by atoms with E-state index >= 15 is 0 Å². The van der Waals surface area contributed by atoms with E-state index in [1.54, 1.807) is 0 Å². The summed E-state index contributed by atoms with van der Waals surface area (Å²) in [6, 6.07) is 0.0733. The highest BCUT2D eigenvalue weighted by atomic mass is 32.2. The van der Waals surface area contributed by atoms with Crippen molar-refractivity contribution in [1.29, 1.82) is 0 Å². The summed E-state index contributed by atoms with van der Waals surface area (Å²) in [6.07, 6.45) is 0.963. The molecule has 1 unspecified atom stereocenters. The Labute approximate surface area is 102 Å². The van der Waals surface area contributed by atoms with E-state index in [9.17, 15) is 4.79 Å². The zero-order chi connectivity index (χ0) is 11.4. The van der Waals surface area contributed by atoms with E-state index in [4.69, 9.17) is 0 Å². The van der Waals surface area contributed by atoms with Crippen molar-refractivity contribution >= 4 is 17.7 Å². The van der Waals surface area contributed by atoms with Gasteiger partial charge in [0.15, 0.2) is 0 Å². The molecule has 0 aromatic rings. The van der Waals surface area contributed by atoms with Gasteiger partial charge in [-0.25, -0.2) is 0 Å². The molecule has 2 saturated heterocycles. The van der Waals surface area contributed by atoms with Crippen LogP contribution in [0.25, 0.3) is 0 Å². The topological polar surface area (TPSA) is 35.6 Å². The molecule has 4 nitrogen and oxygen atoms in total. The maximum atomic E-state index is 11.6. The molecule has 2 aliphatic heterocycles. The lowest BCUT2D eigenvalue weighted by Gasteiger charge is -2.26. The molecule has 0 radical (unpaired) electrons. The van der Waals surface area contributed by atoms with Crippen molar-refractivity contribution in [1.82, 2.24) is 15.1 Å². The van der Waals surface area contributed by atoms with E-state index < -0.39 is 0 Å². The first-order chi connectivity index (χ1) is 7.77. The van der Waals surface area contributed by atoms with Crippen molar-refractivity contribution in [2.75, 3.05) is 51.3 Å². The molecule has 0 saturated carbocycles. The average molecular weight is 243 g/mol. The molecule has 0 bridgehead atoms. The van der Waals surface area contributed by atoms with E-state index in [-0.39, 0.29) is 11.9 Å². The van der Waals surface area contributed by atoms with Gasteiger partial charge in [-0.15, -0.1) is 0 Å². The van der Waals surface area contributed by atoms with E-state index in [0.717, 1.165) is 26.1 Å². The standard InChI is InChI=1S/C11H21N3OS/c1-13-4-2-10(11(13)15)12-3-5-14-6-8-16-9-7-14/h10,12H,2-9H2,1H3. The minimum atomic E-state index is 0.0733. The first kappa shape index (κ1) is 12.2. The summed E-state index contributed by atoms with van der Waals surface area (Å²) in [4.78, 5) is 15.9. The summed E-state index contributed by atoms with van der Waals surface area (Å²) < 4.78 is 0. The van der Waals surface area contributed by atoms with Gasteiger partial charge in [-0.1, -0.05) is 0 Å². The van der Waals surface area contributed by atoms with Crippen LogP contribution in [0.5, 0.6) is 0 Å². The predicted molar refractivity (Wildman–Crippen MR) is 67.8 cm³/mol. The van der Waals surface area contributed by atoms with Crippen LogP contribution in [0, 0.1) is 0 Å². The van der Waals surface area contributed by atoms with Gasteiger partial charge in [-0.2, -0.15) is 11.8 Å². The Morgan fingerprint density at radius 3 is 2.75 bits per heavy atom. The van der Waals surface area contributed by atoms with Crippen molar-refractivity contribution in [3.05, 3.63) is 0 Å². The second-order valence-corrected chi connectivity index (χ2v) is 5.73. The van der Waals surface area contributed by atoms with Gasteiger partial charge in [0, 0.05) is 51.3 Å². The Bertz CT molecular complexity index is 243. The normalized spacial score (nSPS) is 27.7. The van der Waals surface area contributed by atoms with E-state index in [2.05, 4.69) is 10.2 Å². The maximum absolute atomic E-state index is 11.6. The summed E-state index contributed by atoms with van der Waals surface area (Å²) in [5, 5.41) is 3.37. The highest BCUT2D eigenvalue weighted by Crippen LogP contribution is 2.09. The van der Waals surface area contributed by atoms with Crippen LogP contribution >= 0.6 is 11.8 Å². The van der Waals surface area contributed by atoms with Gasteiger partial charge in [0.25, 0.3) is 0 Å². The van der Waals surface area contributed by atoms with Gasteiger partial charge in [-0.05, 0) is 6.42 Å². The molecule has 1 amide bonds. The predicted octanol–water partition coefficient (Wildman–Crippen LogP) is -0.144. The number of likely N-dealkylation sites (N-methyl/N-ethyl adjacent to an activating group) is 1. The number of nitrogens with zero attached hydrogens (tertiary/aromatic N) is 2. The van der Waals surface area contributed by atoms with E-state index in [1.807, 2.05) is 23.7 Å².